The van der Waals surface area contributed by atoms with Crippen molar-refractivity contribution in [3.8, 4) is 11.1 Å². The molecule has 3 aromatic carbocycles. The van der Waals surface area contributed by atoms with Gasteiger partial charge in [0.2, 0.25) is 11.8 Å². The summed E-state index contributed by atoms with van der Waals surface area (Å²) >= 11 is 0. The molecule has 0 saturated carbocycles. The van der Waals surface area contributed by atoms with Crippen molar-refractivity contribution in [1.82, 2.24) is 40.4 Å². The number of fused-ring (bicyclic) bond motifs is 4. The zero-order valence-corrected chi connectivity index (χ0v) is 29.1. The molecule has 14 heteroatoms. The summed E-state index contributed by atoms with van der Waals surface area (Å²) in [7, 11) is 2.55. The highest BCUT2D eigenvalue weighted by Gasteiger charge is 2.38. The molecule has 0 bridgehead atoms. The van der Waals surface area contributed by atoms with Gasteiger partial charge in [0.15, 0.2) is 0 Å². The average Bonchev–Trinajstić information content (AvgIpc) is 3.96. The second kappa shape index (κ2) is 13.9. The van der Waals surface area contributed by atoms with E-state index >= 15 is 0 Å². The number of aromatic amines is 2. The first kappa shape index (κ1) is 33.8. The summed E-state index contributed by atoms with van der Waals surface area (Å²) in [6.45, 7) is 4.86. The summed E-state index contributed by atoms with van der Waals surface area (Å²) in [5.41, 5.74) is 5.47. The maximum absolute atomic E-state index is 13.6. The Balaban J connectivity index is 1.12. The summed E-state index contributed by atoms with van der Waals surface area (Å²) in [4.78, 5) is 70.3. The second-order valence-corrected chi connectivity index (χ2v) is 13.5. The average molecular weight is 695 g/mol. The summed E-state index contributed by atoms with van der Waals surface area (Å²) in [5.74, 6) is 1.02. The Labute approximate surface area is 294 Å². The van der Waals surface area contributed by atoms with Gasteiger partial charge in [-0.05, 0) is 72.4 Å². The number of carbonyl (C=O) groups is 4. The smallest absolute Gasteiger partial charge is 0.407 e. The summed E-state index contributed by atoms with van der Waals surface area (Å²) in [6.07, 6.45) is 1.98. The minimum absolute atomic E-state index is 0.112. The maximum Gasteiger partial charge on any atom is 0.407 e. The molecule has 2 aliphatic heterocycles. The molecular formula is C37H42N8O6. The molecule has 0 unspecified atom stereocenters. The predicted molar refractivity (Wildman–Crippen MR) is 191 cm³/mol. The lowest BCUT2D eigenvalue weighted by atomic mass is 10.0. The highest BCUT2D eigenvalue weighted by molar-refractivity contribution is 6.05. The van der Waals surface area contributed by atoms with E-state index < -0.39 is 18.2 Å². The number of ether oxygens (including phenoxy) is 2. The molecule has 4 N–H and O–H groups in total. The van der Waals surface area contributed by atoms with Crippen molar-refractivity contribution >= 4 is 56.8 Å². The number of amides is 4. The van der Waals surface area contributed by atoms with Gasteiger partial charge >= 0.3 is 12.2 Å². The topological polar surface area (TPSA) is 175 Å². The van der Waals surface area contributed by atoms with Crippen LogP contribution in [-0.4, -0.2) is 93.6 Å². The highest BCUT2D eigenvalue weighted by Crippen LogP contribution is 2.36. The van der Waals surface area contributed by atoms with Crippen molar-refractivity contribution in [1.29, 1.82) is 0 Å². The van der Waals surface area contributed by atoms with Crippen molar-refractivity contribution < 1.29 is 28.7 Å². The van der Waals surface area contributed by atoms with Crippen LogP contribution in [0.4, 0.5) is 9.59 Å². The first-order chi connectivity index (χ1) is 24.6. The molecule has 266 valence electrons. The van der Waals surface area contributed by atoms with Crippen molar-refractivity contribution in [3.05, 3.63) is 60.2 Å². The molecule has 2 aromatic heterocycles. The quantitative estimate of drug-likeness (QED) is 0.169. The van der Waals surface area contributed by atoms with E-state index in [4.69, 9.17) is 14.7 Å². The monoisotopic (exact) mass is 694 g/mol. The van der Waals surface area contributed by atoms with Gasteiger partial charge in [0.1, 0.15) is 24.2 Å². The number of methoxy groups -OCH3 is 2. The first-order valence-electron chi connectivity index (χ1n) is 17.3. The number of likely N-dealkylation sites (tertiary alicyclic amines) is 2. The van der Waals surface area contributed by atoms with Crippen molar-refractivity contribution in [2.45, 2.75) is 57.7 Å². The van der Waals surface area contributed by atoms with Gasteiger partial charge < -0.3 is 39.9 Å². The predicted octanol–water partition coefficient (Wildman–Crippen LogP) is 5.32. The standard InChI is InChI=1S/C37H42N8O6/c1-20(2)31(43-37(49)51-4)35(47)45-16-6-8-29(45)34-40-26-14-11-23-17-21(9-12-24(23)32(26)42-34)22-10-13-25-27(18-22)41-33(39-25)28-7-5-15-44(28)30(46)19-38-36(48)50-3/h9-14,17-18,20,28-29,31H,5-8,15-16,19H2,1-4H3,(H,38,48)(H,39,41)(H,40,42)(H,43,49)/t28-,29-,31-/m0/s1. The fraction of sp³-hybridized carbons (Fsp3) is 0.405. The van der Waals surface area contributed by atoms with E-state index in [0.717, 1.165) is 81.3 Å². The van der Waals surface area contributed by atoms with Crippen molar-refractivity contribution in [3.63, 3.8) is 0 Å². The molecule has 2 saturated heterocycles. The highest BCUT2D eigenvalue weighted by atomic mass is 16.5. The number of nitrogens with one attached hydrogen (secondary N) is 4. The third-order valence-electron chi connectivity index (χ3n) is 10.0. The largest absolute Gasteiger partial charge is 0.453 e. The van der Waals surface area contributed by atoms with Gasteiger partial charge in [-0.25, -0.2) is 19.6 Å². The van der Waals surface area contributed by atoms with Crippen LogP contribution in [0, 0.1) is 5.92 Å². The number of nitrogens with zero attached hydrogens (tertiary/aromatic N) is 4. The summed E-state index contributed by atoms with van der Waals surface area (Å²) in [5, 5.41) is 7.21. The molecule has 0 radical (unpaired) electrons. The van der Waals surface area contributed by atoms with Crippen LogP contribution in [0.3, 0.4) is 0 Å². The Morgan fingerprint density at radius 2 is 1.49 bits per heavy atom. The minimum atomic E-state index is -0.697. The van der Waals surface area contributed by atoms with Crippen LogP contribution in [-0.2, 0) is 19.1 Å². The van der Waals surface area contributed by atoms with E-state index in [1.807, 2.05) is 36.9 Å². The Morgan fingerprint density at radius 1 is 0.824 bits per heavy atom. The lowest BCUT2D eigenvalue weighted by Gasteiger charge is -2.29. The van der Waals surface area contributed by atoms with Gasteiger partial charge in [-0.1, -0.05) is 38.1 Å². The number of H-pyrrole nitrogens is 2. The molecule has 4 amide bonds. The molecule has 5 aromatic rings. The maximum atomic E-state index is 13.6. The van der Waals surface area contributed by atoms with Gasteiger partial charge in [0.25, 0.3) is 0 Å². The summed E-state index contributed by atoms with van der Waals surface area (Å²) in [6, 6.07) is 15.4. The second-order valence-electron chi connectivity index (χ2n) is 13.5. The number of carbonyl (C=O) groups excluding carboxylic acids is 4. The van der Waals surface area contributed by atoms with Crippen LogP contribution in [0.15, 0.2) is 48.5 Å². The molecule has 14 nitrogen and oxygen atoms in total. The van der Waals surface area contributed by atoms with Gasteiger partial charge in [-0.2, -0.15) is 0 Å². The molecule has 4 heterocycles. The molecule has 0 aliphatic carbocycles. The normalized spacial score (nSPS) is 18.1. The van der Waals surface area contributed by atoms with E-state index in [1.54, 1.807) is 4.90 Å². The Kier molecular flexibility index (Phi) is 9.23. The van der Waals surface area contributed by atoms with Crippen LogP contribution in [0.1, 0.15) is 63.3 Å². The molecule has 0 spiro atoms. The number of rotatable bonds is 8. The van der Waals surface area contributed by atoms with Crippen molar-refractivity contribution in [2.24, 2.45) is 5.92 Å². The van der Waals surface area contributed by atoms with Crippen LogP contribution in [0.5, 0.6) is 0 Å². The third-order valence-corrected chi connectivity index (χ3v) is 10.0. The molecule has 7 rings (SSSR count). The molecule has 2 fully saturated rings. The van der Waals surface area contributed by atoms with Gasteiger partial charge in [-0.3, -0.25) is 9.59 Å². The third kappa shape index (κ3) is 6.53. The van der Waals surface area contributed by atoms with Gasteiger partial charge in [0.05, 0.1) is 48.4 Å². The fourth-order valence-electron chi connectivity index (χ4n) is 7.39. The first-order valence-corrected chi connectivity index (χ1v) is 17.3. The van der Waals surface area contributed by atoms with Crippen LogP contribution < -0.4 is 10.6 Å². The van der Waals surface area contributed by atoms with E-state index in [2.05, 4.69) is 55.7 Å². The lowest BCUT2D eigenvalue weighted by molar-refractivity contribution is -0.135. The molecule has 51 heavy (non-hydrogen) atoms. The van der Waals surface area contributed by atoms with Crippen LogP contribution in [0.2, 0.25) is 0 Å². The Bertz CT molecular complexity index is 2140. The number of aromatic nitrogens is 4. The van der Waals surface area contributed by atoms with E-state index in [0.29, 0.717) is 13.1 Å². The minimum Gasteiger partial charge on any atom is -0.453 e. The van der Waals surface area contributed by atoms with Crippen LogP contribution >= 0.6 is 0 Å². The van der Waals surface area contributed by atoms with E-state index in [1.165, 1.54) is 14.2 Å². The zero-order chi connectivity index (χ0) is 35.8. The number of alkyl carbamates (subject to hydrolysis) is 2. The number of benzene rings is 3. The fourth-order valence-corrected chi connectivity index (χ4v) is 7.39. The Hall–Kier alpha value is -5.66. The van der Waals surface area contributed by atoms with E-state index in [-0.39, 0.29) is 36.4 Å². The number of hydrogen-bond donors (Lipinski definition) is 4. The number of hydrogen-bond acceptors (Lipinski definition) is 8. The SMILES string of the molecule is COC(=O)NCC(=O)N1CCC[C@H]1c1nc2ccc(-c3ccc4c(ccc5[nH]c([C@@H]6CCCN6C(=O)[C@@H](NC(=O)OC)C(C)C)nc54)c3)cc2[nH]1. The number of imidazole rings is 2. The van der Waals surface area contributed by atoms with Crippen molar-refractivity contribution in [2.75, 3.05) is 33.9 Å². The van der Waals surface area contributed by atoms with Gasteiger partial charge in [-0.15, -0.1) is 0 Å². The lowest BCUT2D eigenvalue weighted by Crippen LogP contribution is -2.51. The van der Waals surface area contributed by atoms with Gasteiger partial charge in [0, 0.05) is 18.5 Å². The molecular weight excluding hydrogens is 652 g/mol. The molecule has 3 atom stereocenters. The zero-order valence-electron chi connectivity index (χ0n) is 29.1. The van der Waals surface area contributed by atoms with E-state index in [9.17, 15) is 19.2 Å². The Morgan fingerprint density at radius 3 is 2.24 bits per heavy atom. The van der Waals surface area contributed by atoms with Crippen LogP contribution in [0.25, 0.3) is 44.0 Å². The summed E-state index contributed by atoms with van der Waals surface area (Å²) < 4.78 is 9.36. The molecule has 2 aliphatic rings.